The summed E-state index contributed by atoms with van der Waals surface area (Å²) in [6.07, 6.45) is 2.47. The van der Waals surface area contributed by atoms with E-state index in [1.165, 1.54) is 12.1 Å². The molecule has 2 rings (SSSR count). The molecule has 1 aromatic carbocycles. The highest BCUT2D eigenvalue weighted by molar-refractivity contribution is 9.10. The first-order valence-electron chi connectivity index (χ1n) is 5.78. The molecule has 0 bridgehead atoms. The third-order valence-electron chi connectivity index (χ3n) is 3.47. The van der Waals surface area contributed by atoms with Gasteiger partial charge in [0.05, 0.1) is 0 Å². The Morgan fingerprint density at radius 1 is 1.35 bits per heavy atom. The van der Waals surface area contributed by atoms with E-state index in [1.54, 1.807) is 6.07 Å². The van der Waals surface area contributed by atoms with Crippen LogP contribution < -0.4 is 0 Å². The molecule has 0 aliphatic carbocycles. The number of rotatable bonds is 3. The molecular weight excluding hydrogens is 287 g/mol. The van der Waals surface area contributed by atoms with Crippen LogP contribution >= 0.6 is 15.9 Å². The molecule has 1 aromatic rings. The van der Waals surface area contributed by atoms with Crippen molar-refractivity contribution in [2.45, 2.75) is 19.3 Å². The van der Waals surface area contributed by atoms with Crippen LogP contribution in [0, 0.1) is 11.2 Å². The maximum absolute atomic E-state index is 13.0. The second kappa shape index (κ2) is 5.46. The van der Waals surface area contributed by atoms with Gasteiger partial charge in [0, 0.05) is 29.7 Å². The smallest absolute Gasteiger partial charge is 0.124 e. The van der Waals surface area contributed by atoms with E-state index in [0.29, 0.717) is 13.2 Å². The van der Waals surface area contributed by atoms with Gasteiger partial charge in [-0.3, -0.25) is 0 Å². The Morgan fingerprint density at radius 3 is 2.65 bits per heavy atom. The summed E-state index contributed by atoms with van der Waals surface area (Å²) in [6.45, 7) is 1.54. The van der Waals surface area contributed by atoms with Crippen LogP contribution in [0.4, 0.5) is 4.39 Å². The molecule has 17 heavy (non-hydrogen) atoms. The molecule has 0 unspecified atom stereocenters. The molecule has 1 saturated heterocycles. The molecule has 1 fully saturated rings. The maximum Gasteiger partial charge on any atom is 0.124 e. The predicted octanol–water partition coefficient (Wildman–Crippen LogP) is 2.92. The van der Waals surface area contributed by atoms with E-state index < -0.39 is 0 Å². The molecule has 0 aromatic heterocycles. The summed E-state index contributed by atoms with van der Waals surface area (Å²) in [7, 11) is 0. The van der Waals surface area contributed by atoms with Crippen molar-refractivity contribution in [3.05, 3.63) is 34.1 Å². The van der Waals surface area contributed by atoms with Crippen LogP contribution in [-0.4, -0.2) is 24.9 Å². The number of aliphatic hydroxyl groups excluding tert-OH is 1. The molecule has 0 saturated carbocycles. The minimum Gasteiger partial charge on any atom is -0.396 e. The zero-order valence-electron chi connectivity index (χ0n) is 9.59. The lowest BCUT2D eigenvalue weighted by Crippen LogP contribution is -2.35. The number of hydrogen-bond acceptors (Lipinski definition) is 2. The number of aliphatic hydroxyl groups is 1. The SMILES string of the molecule is OCC1(Cc2ccc(F)cc2Br)CCOCC1. The Kier molecular flexibility index (Phi) is 4.17. The molecule has 94 valence electrons. The fourth-order valence-electron chi connectivity index (χ4n) is 2.26. The molecule has 2 nitrogen and oxygen atoms in total. The van der Waals surface area contributed by atoms with Gasteiger partial charge in [0.25, 0.3) is 0 Å². The predicted molar refractivity (Wildman–Crippen MR) is 67.4 cm³/mol. The third-order valence-corrected chi connectivity index (χ3v) is 4.21. The maximum atomic E-state index is 13.0. The van der Waals surface area contributed by atoms with Gasteiger partial charge in [0.15, 0.2) is 0 Å². The van der Waals surface area contributed by atoms with Crippen molar-refractivity contribution >= 4 is 15.9 Å². The highest BCUT2D eigenvalue weighted by Crippen LogP contribution is 2.35. The topological polar surface area (TPSA) is 29.5 Å². The lowest BCUT2D eigenvalue weighted by molar-refractivity contribution is -0.0158. The van der Waals surface area contributed by atoms with E-state index in [0.717, 1.165) is 29.3 Å². The van der Waals surface area contributed by atoms with Gasteiger partial charge in [-0.2, -0.15) is 0 Å². The zero-order valence-corrected chi connectivity index (χ0v) is 11.2. The number of hydrogen-bond donors (Lipinski definition) is 1. The van der Waals surface area contributed by atoms with Crippen molar-refractivity contribution in [3.63, 3.8) is 0 Å². The highest BCUT2D eigenvalue weighted by atomic mass is 79.9. The average molecular weight is 303 g/mol. The summed E-state index contributed by atoms with van der Waals surface area (Å²) in [4.78, 5) is 0. The van der Waals surface area contributed by atoms with Crippen LogP contribution in [0.3, 0.4) is 0 Å². The molecule has 1 N–H and O–H groups in total. The first kappa shape index (κ1) is 13.0. The fourth-order valence-corrected chi connectivity index (χ4v) is 2.76. The Labute approximate surface area is 109 Å². The van der Waals surface area contributed by atoms with E-state index in [-0.39, 0.29) is 17.8 Å². The lowest BCUT2D eigenvalue weighted by Gasteiger charge is -2.35. The molecule has 0 atom stereocenters. The molecular formula is C13H16BrFO2. The van der Waals surface area contributed by atoms with Crippen LogP contribution in [0.2, 0.25) is 0 Å². The summed E-state index contributed by atoms with van der Waals surface area (Å²) < 4.78 is 19.1. The largest absolute Gasteiger partial charge is 0.396 e. The molecule has 4 heteroatoms. The first-order chi connectivity index (χ1) is 8.15. The molecule has 0 radical (unpaired) electrons. The number of halogens is 2. The normalized spacial score (nSPS) is 19.2. The summed E-state index contributed by atoms with van der Waals surface area (Å²) in [5.74, 6) is -0.245. The van der Waals surface area contributed by atoms with Crippen LogP contribution in [0.25, 0.3) is 0 Å². The van der Waals surface area contributed by atoms with Crippen molar-refractivity contribution in [2.24, 2.45) is 5.41 Å². The van der Waals surface area contributed by atoms with Crippen LogP contribution in [0.5, 0.6) is 0 Å². The van der Waals surface area contributed by atoms with Crippen molar-refractivity contribution in [1.29, 1.82) is 0 Å². The monoisotopic (exact) mass is 302 g/mol. The Morgan fingerprint density at radius 2 is 2.06 bits per heavy atom. The quantitative estimate of drug-likeness (QED) is 0.930. The van der Waals surface area contributed by atoms with Gasteiger partial charge >= 0.3 is 0 Å². The van der Waals surface area contributed by atoms with Gasteiger partial charge in [-0.25, -0.2) is 4.39 Å². The van der Waals surface area contributed by atoms with E-state index in [2.05, 4.69) is 15.9 Å². The molecule has 0 spiro atoms. The minimum atomic E-state index is -0.245. The summed E-state index contributed by atoms with van der Waals surface area (Å²) in [6, 6.07) is 4.72. The van der Waals surface area contributed by atoms with Crippen LogP contribution in [0.15, 0.2) is 22.7 Å². The molecule has 1 aliphatic rings. The Hall–Kier alpha value is -0.450. The van der Waals surface area contributed by atoms with Gasteiger partial charge in [-0.15, -0.1) is 0 Å². The molecule has 1 aliphatic heterocycles. The van der Waals surface area contributed by atoms with Crippen LogP contribution in [-0.2, 0) is 11.2 Å². The second-order valence-corrected chi connectivity index (χ2v) is 5.54. The van der Waals surface area contributed by atoms with Crippen molar-refractivity contribution in [2.75, 3.05) is 19.8 Å². The Balaban J connectivity index is 2.17. The van der Waals surface area contributed by atoms with Gasteiger partial charge in [-0.1, -0.05) is 22.0 Å². The van der Waals surface area contributed by atoms with Crippen molar-refractivity contribution in [1.82, 2.24) is 0 Å². The Bertz CT molecular complexity index is 389. The van der Waals surface area contributed by atoms with Gasteiger partial charge in [0.2, 0.25) is 0 Å². The zero-order chi connectivity index (χ0) is 12.3. The van der Waals surface area contributed by atoms with Crippen molar-refractivity contribution < 1.29 is 14.2 Å². The standard InChI is InChI=1S/C13H16BrFO2/c14-12-7-11(15)2-1-10(12)8-13(9-16)3-5-17-6-4-13/h1-2,7,16H,3-6,8-9H2. The summed E-state index contributed by atoms with van der Waals surface area (Å²) >= 11 is 3.37. The highest BCUT2D eigenvalue weighted by Gasteiger charge is 2.32. The van der Waals surface area contributed by atoms with E-state index in [1.807, 2.05) is 0 Å². The third kappa shape index (κ3) is 3.06. The number of benzene rings is 1. The lowest BCUT2D eigenvalue weighted by atomic mass is 9.76. The molecule has 0 amide bonds. The number of ether oxygens (including phenoxy) is 1. The summed E-state index contributed by atoms with van der Waals surface area (Å²) in [5.41, 5.74) is 0.931. The van der Waals surface area contributed by atoms with Crippen molar-refractivity contribution in [3.8, 4) is 0 Å². The van der Waals surface area contributed by atoms with Crippen LogP contribution in [0.1, 0.15) is 18.4 Å². The van der Waals surface area contributed by atoms with E-state index in [9.17, 15) is 9.50 Å². The van der Waals surface area contributed by atoms with Gasteiger partial charge in [0.1, 0.15) is 5.82 Å². The first-order valence-corrected chi connectivity index (χ1v) is 6.57. The minimum absolute atomic E-state index is 0.113. The fraction of sp³-hybridized carbons (Fsp3) is 0.538. The van der Waals surface area contributed by atoms with Gasteiger partial charge < -0.3 is 9.84 Å². The average Bonchev–Trinajstić information content (AvgIpc) is 2.34. The van der Waals surface area contributed by atoms with Gasteiger partial charge in [-0.05, 0) is 37.0 Å². The second-order valence-electron chi connectivity index (χ2n) is 4.68. The van der Waals surface area contributed by atoms with E-state index >= 15 is 0 Å². The molecule has 1 heterocycles. The van der Waals surface area contributed by atoms with E-state index in [4.69, 9.17) is 4.74 Å². The summed E-state index contributed by atoms with van der Waals surface area (Å²) in [5, 5.41) is 9.60.